The average molecular weight is 740 g/mol. The van der Waals surface area contributed by atoms with Gasteiger partial charge in [-0.05, 0) is 23.1 Å². The topological polar surface area (TPSA) is 160 Å². The van der Waals surface area contributed by atoms with Gasteiger partial charge in [-0.1, -0.05) is 109 Å². The Kier molecular flexibility index (Phi) is 11.4. The first-order valence-corrected chi connectivity index (χ1v) is 18.6. The number of thiazole rings is 1. The Labute approximate surface area is 308 Å². The second-order valence-electron chi connectivity index (χ2n) is 12.0. The number of anilines is 1. The molecule has 6 rings (SSSR count). The lowest BCUT2D eigenvalue weighted by atomic mass is 9.77. The standard InChI is InChI=1S/C38H37N5O7S2/c1-3-4-20-49-42-32(34(46)40-35(50-24(2)44)28-22-51-31-21-30(45)43(31)33(28)36(47)48)29-23-52-37(39-29)41-38(25-14-8-5-9-15-25,26-16-10-6-11-17-26)27-18-12-7-13-19-27/h5-19,23,31,35H,3-4,20-22H2,1-2H3,(H,39,41)(H,40,46)(H,47,48)/t31-,35?/m1/s1. The molecule has 0 radical (unpaired) electrons. The summed E-state index contributed by atoms with van der Waals surface area (Å²) >= 11 is 2.58. The van der Waals surface area contributed by atoms with Crippen molar-refractivity contribution in [3.63, 3.8) is 0 Å². The second kappa shape index (κ2) is 16.3. The van der Waals surface area contributed by atoms with E-state index in [2.05, 4.69) is 15.8 Å². The van der Waals surface area contributed by atoms with Gasteiger partial charge in [-0.25, -0.2) is 9.78 Å². The van der Waals surface area contributed by atoms with E-state index in [1.165, 1.54) is 23.1 Å². The molecule has 1 aromatic heterocycles. The molecule has 0 bridgehead atoms. The van der Waals surface area contributed by atoms with E-state index in [1.807, 2.05) is 97.9 Å². The first kappa shape index (κ1) is 36.3. The van der Waals surface area contributed by atoms with Crippen LogP contribution < -0.4 is 10.6 Å². The number of rotatable bonds is 15. The summed E-state index contributed by atoms with van der Waals surface area (Å²) in [5, 5.41) is 22.4. The lowest BCUT2D eigenvalue weighted by Gasteiger charge is -2.44. The summed E-state index contributed by atoms with van der Waals surface area (Å²) in [7, 11) is 0. The number of β-lactam (4-membered cyclic amide) rings is 1. The highest BCUT2D eigenvalue weighted by atomic mass is 32.2. The smallest absolute Gasteiger partial charge is 0.352 e. The van der Waals surface area contributed by atoms with Gasteiger partial charge in [-0.2, -0.15) is 0 Å². The van der Waals surface area contributed by atoms with E-state index >= 15 is 0 Å². The lowest BCUT2D eigenvalue weighted by Crippen LogP contribution is -2.56. The highest BCUT2D eigenvalue weighted by Crippen LogP contribution is 2.42. The SMILES string of the molecule is CCCCON=C(C(=O)NC(OC(C)=O)C1=C(C(=O)O)N2C(=O)C[C@H]2SC1)c1csc(NC(c2ccccc2)(c2ccccc2)c2ccccc2)n1. The molecule has 4 aromatic rings. The molecule has 12 nitrogen and oxygen atoms in total. The normalized spacial score (nSPS) is 16.3. The predicted octanol–water partition coefficient (Wildman–Crippen LogP) is 5.72. The van der Waals surface area contributed by atoms with E-state index in [0.29, 0.717) is 11.6 Å². The highest BCUT2D eigenvalue weighted by Gasteiger charge is 2.47. The van der Waals surface area contributed by atoms with Crippen molar-refractivity contribution in [2.75, 3.05) is 17.7 Å². The second-order valence-corrected chi connectivity index (χ2v) is 14.0. The van der Waals surface area contributed by atoms with Crippen LogP contribution in [0.5, 0.6) is 0 Å². The molecular weight excluding hydrogens is 703 g/mol. The summed E-state index contributed by atoms with van der Waals surface area (Å²) in [5.41, 5.74) is 1.70. The molecule has 1 unspecified atom stereocenters. The Balaban J connectivity index is 1.38. The first-order chi connectivity index (χ1) is 25.2. The zero-order valence-electron chi connectivity index (χ0n) is 28.5. The minimum atomic E-state index is -1.50. The van der Waals surface area contributed by atoms with Crippen molar-refractivity contribution in [1.82, 2.24) is 15.2 Å². The molecule has 14 heteroatoms. The molecule has 0 aliphatic carbocycles. The van der Waals surface area contributed by atoms with Crippen LogP contribution in [0.15, 0.2) is 113 Å². The number of hydrogen-bond donors (Lipinski definition) is 3. The maximum Gasteiger partial charge on any atom is 0.352 e. The monoisotopic (exact) mass is 739 g/mol. The number of thioether (sulfide) groups is 1. The Bertz CT molecular complexity index is 1890. The van der Waals surface area contributed by atoms with Crippen LogP contribution in [-0.4, -0.2) is 68.4 Å². The van der Waals surface area contributed by atoms with Crippen molar-refractivity contribution in [2.45, 2.75) is 50.3 Å². The molecule has 3 heterocycles. The number of oxime groups is 1. The van der Waals surface area contributed by atoms with Crippen LogP contribution in [0.25, 0.3) is 0 Å². The number of nitrogens with one attached hydrogen (secondary N) is 2. The van der Waals surface area contributed by atoms with Gasteiger partial charge in [0, 0.05) is 23.6 Å². The fraction of sp³-hybridized carbons (Fsp3) is 0.263. The van der Waals surface area contributed by atoms with E-state index in [1.54, 1.807) is 5.38 Å². The molecule has 2 aliphatic rings. The van der Waals surface area contributed by atoms with Crippen LogP contribution >= 0.6 is 23.1 Å². The largest absolute Gasteiger partial charge is 0.477 e. The number of nitrogens with zero attached hydrogens (tertiary/aromatic N) is 3. The van der Waals surface area contributed by atoms with Crippen molar-refractivity contribution >= 4 is 57.7 Å². The Morgan fingerprint density at radius 3 is 2.12 bits per heavy atom. The van der Waals surface area contributed by atoms with Crippen LogP contribution in [0.3, 0.4) is 0 Å². The number of carbonyl (C=O) groups is 4. The maximum atomic E-state index is 14.1. The van der Waals surface area contributed by atoms with Gasteiger partial charge in [0.15, 0.2) is 10.8 Å². The van der Waals surface area contributed by atoms with E-state index in [-0.39, 0.29) is 52.7 Å². The third-order valence-electron chi connectivity index (χ3n) is 8.57. The minimum absolute atomic E-state index is 0.0654. The van der Waals surface area contributed by atoms with Gasteiger partial charge in [-0.3, -0.25) is 19.3 Å². The van der Waals surface area contributed by atoms with Crippen molar-refractivity contribution < 1.29 is 33.9 Å². The number of aliphatic carboxylic acids is 1. The number of amides is 2. The van der Waals surface area contributed by atoms with Crippen LogP contribution in [0, 0.1) is 0 Å². The van der Waals surface area contributed by atoms with Crippen LogP contribution in [-0.2, 0) is 34.3 Å². The van der Waals surface area contributed by atoms with Crippen LogP contribution in [0.4, 0.5) is 5.13 Å². The van der Waals surface area contributed by atoms with Crippen molar-refractivity contribution in [3.8, 4) is 0 Å². The molecule has 1 fully saturated rings. The van der Waals surface area contributed by atoms with E-state index < -0.39 is 29.6 Å². The number of hydrogen-bond acceptors (Lipinski definition) is 11. The zero-order valence-corrected chi connectivity index (χ0v) is 30.1. The summed E-state index contributed by atoms with van der Waals surface area (Å²) in [6.45, 7) is 3.37. The fourth-order valence-electron chi connectivity index (χ4n) is 6.08. The molecule has 2 amide bonds. The molecule has 0 spiro atoms. The number of ether oxygens (including phenoxy) is 1. The number of fused-ring (bicyclic) bond motifs is 1. The summed E-state index contributed by atoms with van der Waals surface area (Å²) in [6, 6.07) is 29.9. The minimum Gasteiger partial charge on any atom is -0.477 e. The Morgan fingerprint density at radius 2 is 1.60 bits per heavy atom. The number of carboxylic acids is 1. The van der Waals surface area contributed by atoms with Gasteiger partial charge in [0.2, 0.25) is 12.1 Å². The average Bonchev–Trinajstić information content (AvgIpc) is 3.61. The van der Waals surface area contributed by atoms with Crippen LogP contribution in [0.1, 0.15) is 55.5 Å². The van der Waals surface area contributed by atoms with Gasteiger partial charge in [-0.15, -0.1) is 23.1 Å². The highest BCUT2D eigenvalue weighted by molar-refractivity contribution is 8.00. The molecule has 1 saturated heterocycles. The molecular formula is C38H37N5O7S2. The third-order valence-corrected chi connectivity index (χ3v) is 10.6. The molecule has 3 N–H and O–H groups in total. The quantitative estimate of drug-likeness (QED) is 0.0262. The number of benzene rings is 3. The van der Waals surface area contributed by atoms with Gasteiger partial charge >= 0.3 is 11.9 Å². The molecule has 2 atom stereocenters. The van der Waals surface area contributed by atoms with Crippen molar-refractivity contribution in [3.05, 3.63) is 130 Å². The fourth-order valence-corrected chi connectivity index (χ4v) is 8.13. The number of carbonyl (C=O) groups excluding carboxylic acids is 3. The van der Waals surface area contributed by atoms with E-state index in [0.717, 1.165) is 34.9 Å². The van der Waals surface area contributed by atoms with Gasteiger partial charge in [0.1, 0.15) is 23.5 Å². The predicted molar refractivity (Wildman–Crippen MR) is 198 cm³/mol. The number of carboxylic acid groups (broad SMARTS) is 1. The van der Waals surface area contributed by atoms with Gasteiger partial charge in [0.25, 0.3) is 5.91 Å². The molecule has 52 heavy (non-hydrogen) atoms. The van der Waals surface area contributed by atoms with Crippen LogP contribution in [0.2, 0.25) is 0 Å². The maximum absolute atomic E-state index is 14.1. The summed E-state index contributed by atoms with van der Waals surface area (Å²) in [5.74, 6) is -3.21. The van der Waals surface area contributed by atoms with Crippen molar-refractivity contribution in [1.29, 1.82) is 0 Å². The molecule has 2 aliphatic heterocycles. The Hall–Kier alpha value is -5.47. The lowest BCUT2D eigenvalue weighted by molar-refractivity contribution is -0.149. The molecule has 3 aromatic carbocycles. The number of unbranched alkanes of at least 4 members (excludes halogenated alkanes) is 1. The van der Waals surface area contributed by atoms with Gasteiger partial charge in [0.05, 0.1) is 11.8 Å². The first-order valence-electron chi connectivity index (χ1n) is 16.7. The number of aromatic nitrogens is 1. The molecule has 268 valence electrons. The number of esters is 1. The summed E-state index contributed by atoms with van der Waals surface area (Å²) < 4.78 is 5.46. The Morgan fingerprint density at radius 1 is 1.00 bits per heavy atom. The van der Waals surface area contributed by atoms with Crippen molar-refractivity contribution in [2.24, 2.45) is 5.16 Å². The zero-order chi connectivity index (χ0) is 36.7. The van der Waals surface area contributed by atoms with Gasteiger partial charge < -0.3 is 25.3 Å². The summed E-state index contributed by atoms with van der Waals surface area (Å²) in [6.07, 6.45) is 0.211. The third kappa shape index (κ3) is 7.58. The summed E-state index contributed by atoms with van der Waals surface area (Å²) in [4.78, 5) is 62.6. The molecule has 0 saturated carbocycles. The van der Waals surface area contributed by atoms with E-state index in [9.17, 15) is 24.3 Å². The van der Waals surface area contributed by atoms with E-state index in [4.69, 9.17) is 14.6 Å².